The van der Waals surface area contributed by atoms with Crippen molar-refractivity contribution in [2.24, 2.45) is 0 Å². The first-order valence-electron chi connectivity index (χ1n) is 5.70. The Labute approximate surface area is 135 Å². The molecule has 0 aliphatic carbocycles. The van der Waals surface area contributed by atoms with Crippen molar-refractivity contribution in [2.75, 3.05) is 12.4 Å². The molecule has 6 heteroatoms. The van der Waals surface area contributed by atoms with Crippen molar-refractivity contribution in [3.05, 3.63) is 44.4 Å². The number of rotatable bonds is 4. The number of thioether (sulfide) groups is 1. The third kappa shape index (κ3) is 3.73. The summed E-state index contributed by atoms with van der Waals surface area (Å²) in [6.07, 6.45) is 0. The van der Waals surface area contributed by atoms with Gasteiger partial charge in [-0.3, -0.25) is 0 Å². The number of halogens is 2. The first kappa shape index (κ1) is 14.9. The van der Waals surface area contributed by atoms with E-state index in [1.807, 2.05) is 38.2 Å². The van der Waals surface area contributed by atoms with Gasteiger partial charge in [0.2, 0.25) is 0 Å². The fourth-order valence-electron chi connectivity index (χ4n) is 1.55. The molecule has 0 atom stereocenters. The zero-order valence-corrected chi connectivity index (χ0v) is 14.3. The normalized spacial score (nSPS) is 10.5. The summed E-state index contributed by atoms with van der Waals surface area (Å²) in [6, 6.07) is 7.80. The molecule has 0 spiro atoms. The van der Waals surface area contributed by atoms with Gasteiger partial charge in [0.1, 0.15) is 11.6 Å². The summed E-state index contributed by atoms with van der Waals surface area (Å²) in [7, 11) is 1.87. The summed E-state index contributed by atoms with van der Waals surface area (Å²) < 4.78 is 1.06. The van der Waals surface area contributed by atoms with Crippen LogP contribution in [0.4, 0.5) is 5.82 Å². The molecule has 0 aliphatic heterocycles. The molecule has 1 heterocycles. The maximum atomic E-state index is 6.13. The second-order valence-electron chi connectivity index (χ2n) is 3.86. The predicted octanol–water partition coefficient (Wildman–Crippen LogP) is 4.38. The van der Waals surface area contributed by atoms with E-state index in [1.165, 1.54) is 0 Å². The van der Waals surface area contributed by atoms with Gasteiger partial charge in [0, 0.05) is 11.9 Å². The maximum absolute atomic E-state index is 6.13. The number of aryl methyl sites for hydroxylation is 1. The Morgan fingerprint density at radius 3 is 2.74 bits per heavy atom. The molecule has 19 heavy (non-hydrogen) atoms. The van der Waals surface area contributed by atoms with Crippen LogP contribution in [-0.4, -0.2) is 17.0 Å². The summed E-state index contributed by atoms with van der Waals surface area (Å²) in [4.78, 5) is 10.1. The number of anilines is 1. The lowest BCUT2D eigenvalue weighted by Gasteiger charge is -2.09. The van der Waals surface area contributed by atoms with E-state index in [-0.39, 0.29) is 0 Å². The third-order valence-corrected chi connectivity index (χ3v) is 5.30. The quantitative estimate of drug-likeness (QED) is 0.605. The van der Waals surface area contributed by atoms with Gasteiger partial charge in [-0.1, -0.05) is 23.7 Å². The van der Waals surface area contributed by atoms with Crippen LogP contribution < -0.4 is 5.32 Å². The molecule has 0 fully saturated rings. The summed E-state index contributed by atoms with van der Waals surface area (Å²) in [5.41, 5.74) is 0.995. The van der Waals surface area contributed by atoms with Crippen LogP contribution in [0.15, 0.2) is 29.2 Å². The van der Waals surface area contributed by atoms with Crippen LogP contribution in [0.5, 0.6) is 0 Å². The molecule has 2 rings (SSSR count). The second kappa shape index (κ2) is 6.76. The Kier molecular flexibility index (Phi) is 5.29. The number of hydrogen-bond acceptors (Lipinski definition) is 4. The number of aromatic nitrogens is 2. The van der Waals surface area contributed by atoms with E-state index in [9.17, 15) is 0 Å². The van der Waals surface area contributed by atoms with E-state index in [0.717, 1.165) is 30.8 Å². The highest BCUT2D eigenvalue weighted by Crippen LogP contribution is 2.29. The highest BCUT2D eigenvalue weighted by Gasteiger charge is 2.09. The van der Waals surface area contributed by atoms with E-state index in [2.05, 4.69) is 37.9 Å². The minimum absolute atomic E-state index is 0.705. The van der Waals surface area contributed by atoms with Crippen LogP contribution >= 0.6 is 46.0 Å². The van der Waals surface area contributed by atoms with E-state index in [4.69, 9.17) is 11.6 Å². The Morgan fingerprint density at radius 2 is 2.05 bits per heavy atom. The highest BCUT2D eigenvalue weighted by molar-refractivity contribution is 14.1. The predicted molar refractivity (Wildman–Crippen MR) is 90.0 cm³/mol. The van der Waals surface area contributed by atoms with Crippen LogP contribution in [0.25, 0.3) is 0 Å². The molecule has 2 aromatic rings. The Bertz CT molecular complexity index is 592. The first-order valence-corrected chi connectivity index (χ1v) is 8.14. The molecule has 0 radical (unpaired) electrons. The number of benzene rings is 1. The standard InChI is InChI=1S/C13H13ClIN3S/c1-8-12(15)13(16-2)18-11(17-8)7-19-10-6-4-3-5-9(10)14/h3-6H,7H2,1-2H3,(H,16,17,18). The maximum Gasteiger partial charge on any atom is 0.143 e. The van der Waals surface area contributed by atoms with Crippen LogP contribution in [0.2, 0.25) is 5.02 Å². The van der Waals surface area contributed by atoms with Gasteiger partial charge in [0.05, 0.1) is 20.0 Å². The van der Waals surface area contributed by atoms with Crippen molar-refractivity contribution >= 4 is 51.8 Å². The molecule has 0 amide bonds. The van der Waals surface area contributed by atoms with Crippen molar-refractivity contribution in [1.82, 2.24) is 9.97 Å². The van der Waals surface area contributed by atoms with E-state index in [1.54, 1.807) is 11.8 Å². The molecular formula is C13H13ClIN3S. The summed E-state index contributed by atoms with van der Waals surface area (Å²) in [5.74, 6) is 2.39. The van der Waals surface area contributed by atoms with Crippen molar-refractivity contribution in [3.63, 3.8) is 0 Å². The number of nitrogens with zero attached hydrogens (tertiary/aromatic N) is 2. The topological polar surface area (TPSA) is 37.8 Å². The SMILES string of the molecule is CNc1nc(CSc2ccccc2Cl)nc(C)c1I. The third-order valence-electron chi connectivity index (χ3n) is 2.49. The molecule has 1 aromatic heterocycles. The molecule has 0 unspecified atom stereocenters. The second-order valence-corrected chi connectivity index (χ2v) is 6.36. The average molecular weight is 406 g/mol. The zero-order valence-electron chi connectivity index (χ0n) is 10.6. The van der Waals surface area contributed by atoms with Gasteiger partial charge in [0.25, 0.3) is 0 Å². The molecule has 0 bridgehead atoms. The summed E-state index contributed by atoms with van der Waals surface area (Å²) in [5, 5.41) is 3.86. The molecule has 1 aromatic carbocycles. The van der Waals surface area contributed by atoms with Gasteiger partial charge in [-0.15, -0.1) is 11.8 Å². The molecule has 0 aliphatic rings. The van der Waals surface area contributed by atoms with E-state index < -0.39 is 0 Å². The van der Waals surface area contributed by atoms with Gasteiger partial charge in [-0.25, -0.2) is 9.97 Å². The lowest BCUT2D eigenvalue weighted by atomic mass is 10.4. The van der Waals surface area contributed by atoms with Crippen LogP contribution in [0.3, 0.4) is 0 Å². The largest absolute Gasteiger partial charge is 0.372 e. The zero-order chi connectivity index (χ0) is 13.8. The number of hydrogen-bond donors (Lipinski definition) is 1. The van der Waals surface area contributed by atoms with E-state index in [0.29, 0.717) is 5.75 Å². The van der Waals surface area contributed by atoms with Crippen molar-refractivity contribution in [3.8, 4) is 0 Å². The fourth-order valence-corrected chi connectivity index (χ4v) is 3.16. The fraction of sp³-hybridized carbons (Fsp3) is 0.231. The monoisotopic (exact) mass is 405 g/mol. The Balaban J connectivity index is 2.16. The average Bonchev–Trinajstić information content (AvgIpc) is 2.41. The molecule has 3 nitrogen and oxygen atoms in total. The minimum Gasteiger partial charge on any atom is -0.372 e. The van der Waals surface area contributed by atoms with Crippen LogP contribution in [-0.2, 0) is 5.75 Å². The Hall–Kier alpha value is -0.530. The molecule has 1 N–H and O–H groups in total. The highest BCUT2D eigenvalue weighted by atomic mass is 127. The molecule has 100 valence electrons. The van der Waals surface area contributed by atoms with Gasteiger partial charge in [-0.2, -0.15) is 0 Å². The number of nitrogens with one attached hydrogen (secondary N) is 1. The van der Waals surface area contributed by atoms with Crippen molar-refractivity contribution in [2.45, 2.75) is 17.6 Å². The lowest BCUT2D eigenvalue weighted by molar-refractivity contribution is 0.984. The van der Waals surface area contributed by atoms with Crippen molar-refractivity contribution < 1.29 is 0 Å². The lowest BCUT2D eigenvalue weighted by Crippen LogP contribution is -2.04. The van der Waals surface area contributed by atoms with Crippen molar-refractivity contribution in [1.29, 1.82) is 0 Å². The van der Waals surface area contributed by atoms with Gasteiger partial charge >= 0.3 is 0 Å². The summed E-state index contributed by atoms with van der Waals surface area (Å²) >= 11 is 10.0. The molecule has 0 saturated heterocycles. The molecule has 0 saturated carbocycles. The van der Waals surface area contributed by atoms with Gasteiger partial charge in [0.15, 0.2) is 0 Å². The Morgan fingerprint density at radius 1 is 1.32 bits per heavy atom. The minimum atomic E-state index is 0.705. The van der Waals surface area contributed by atoms with Gasteiger partial charge in [-0.05, 0) is 41.6 Å². The smallest absolute Gasteiger partial charge is 0.143 e. The summed E-state index contributed by atoms with van der Waals surface area (Å²) in [6.45, 7) is 1.99. The van der Waals surface area contributed by atoms with Crippen LogP contribution in [0.1, 0.15) is 11.5 Å². The van der Waals surface area contributed by atoms with Gasteiger partial charge < -0.3 is 5.32 Å². The molecular weight excluding hydrogens is 393 g/mol. The first-order chi connectivity index (χ1) is 9.11. The van der Waals surface area contributed by atoms with E-state index >= 15 is 0 Å². The van der Waals surface area contributed by atoms with Crippen LogP contribution in [0, 0.1) is 10.5 Å².